The van der Waals surface area contributed by atoms with Crippen LogP contribution in [-0.2, 0) is 14.1 Å². The maximum absolute atomic E-state index is 13.0. The summed E-state index contributed by atoms with van der Waals surface area (Å²) in [4.78, 5) is 17.6. The van der Waals surface area contributed by atoms with Crippen molar-refractivity contribution in [3.8, 4) is 11.5 Å². The van der Waals surface area contributed by atoms with Gasteiger partial charge in [0.25, 0.3) is 5.91 Å². The number of amides is 1. The molecular formula is C18H18N6O2. The van der Waals surface area contributed by atoms with Gasteiger partial charge < -0.3 is 9.73 Å². The molecule has 0 fully saturated rings. The first-order valence-corrected chi connectivity index (χ1v) is 8.14. The average Bonchev–Trinajstić information content (AvgIpc) is 3.29. The fourth-order valence-electron chi connectivity index (χ4n) is 3.09. The van der Waals surface area contributed by atoms with Crippen LogP contribution >= 0.6 is 0 Å². The lowest BCUT2D eigenvalue weighted by atomic mass is 10.1. The number of nitrogens with zero attached hydrogens (tertiary/aromatic N) is 5. The van der Waals surface area contributed by atoms with E-state index < -0.39 is 0 Å². The van der Waals surface area contributed by atoms with E-state index in [1.165, 1.54) is 0 Å². The van der Waals surface area contributed by atoms with E-state index >= 15 is 0 Å². The number of carbonyl (C=O) groups is 1. The zero-order valence-corrected chi connectivity index (χ0v) is 14.9. The molecule has 0 radical (unpaired) electrons. The van der Waals surface area contributed by atoms with Gasteiger partial charge in [-0.05, 0) is 32.0 Å². The molecule has 1 amide bonds. The van der Waals surface area contributed by atoms with E-state index in [1.807, 2.05) is 26.0 Å². The number of nitrogens with one attached hydrogen (secondary N) is 1. The van der Waals surface area contributed by atoms with E-state index in [4.69, 9.17) is 4.42 Å². The maximum Gasteiger partial charge on any atom is 0.257 e. The van der Waals surface area contributed by atoms with Crippen LogP contribution in [0.15, 0.2) is 34.9 Å². The molecule has 4 rings (SSSR count). The van der Waals surface area contributed by atoms with Crippen molar-refractivity contribution < 1.29 is 9.21 Å². The number of aryl methyl sites for hydroxylation is 4. The number of fused-ring (bicyclic) bond motifs is 1. The Morgan fingerprint density at radius 3 is 2.62 bits per heavy atom. The van der Waals surface area contributed by atoms with Crippen LogP contribution in [0.5, 0.6) is 0 Å². The van der Waals surface area contributed by atoms with Crippen molar-refractivity contribution in [2.75, 3.05) is 5.32 Å². The minimum Gasteiger partial charge on any atom is -0.463 e. The molecule has 0 bridgehead atoms. The molecule has 1 N–H and O–H groups in total. The van der Waals surface area contributed by atoms with Gasteiger partial charge in [-0.2, -0.15) is 10.2 Å². The molecule has 0 aliphatic heterocycles. The van der Waals surface area contributed by atoms with Gasteiger partial charge in [0, 0.05) is 20.2 Å². The van der Waals surface area contributed by atoms with Crippen LogP contribution in [0.25, 0.3) is 22.5 Å². The molecule has 8 nitrogen and oxygen atoms in total. The quantitative estimate of drug-likeness (QED) is 0.613. The lowest BCUT2D eigenvalue weighted by Crippen LogP contribution is -2.15. The number of aromatic nitrogens is 5. The van der Waals surface area contributed by atoms with E-state index in [0.717, 1.165) is 16.8 Å². The Morgan fingerprint density at radius 2 is 1.96 bits per heavy atom. The van der Waals surface area contributed by atoms with Gasteiger partial charge in [-0.15, -0.1) is 0 Å². The normalized spacial score (nSPS) is 11.2. The summed E-state index contributed by atoms with van der Waals surface area (Å²) in [5.74, 6) is 0.971. The van der Waals surface area contributed by atoms with Crippen LogP contribution in [0, 0.1) is 13.8 Å². The van der Waals surface area contributed by atoms with Crippen LogP contribution < -0.4 is 5.32 Å². The number of furan rings is 1. The number of pyridine rings is 1. The molecule has 8 heteroatoms. The Kier molecular flexibility index (Phi) is 3.61. The fraction of sp³-hybridized carbons (Fsp3) is 0.222. The highest BCUT2D eigenvalue weighted by atomic mass is 16.3. The van der Waals surface area contributed by atoms with Crippen molar-refractivity contribution in [1.82, 2.24) is 24.5 Å². The predicted molar refractivity (Wildman–Crippen MR) is 96.8 cm³/mol. The Morgan fingerprint density at radius 1 is 1.15 bits per heavy atom. The predicted octanol–water partition coefficient (Wildman–Crippen LogP) is 2.83. The van der Waals surface area contributed by atoms with Gasteiger partial charge in [-0.25, -0.2) is 4.98 Å². The van der Waals surface area contributed by atoms with Crippen molar-refractivity contribution >= 4 is 22.8 Å². The molecule has 0 aromatic carbocycles. The number of hydrogen-bond donors (Lipinski definition) is 1. The SMILES string of the molecule is Cc1cc(NC(=O)c2cc(-c3ccco3)nc3c2c(C)nn3C)n(C)n1. The lowest BCUT2D eigenvalue weighted by molar-refractivity contribution is 0.102. The zero-order valence-electron chi connectivity index (χ0n) is 14.9. The number of carbonyl (C=O) groups excluding carboxylic acids is 1. The Hall–Kier alpha value is -3.42. The second-order valence-electron chi connectivity index (χ2n) is 6.19. The fourth-order valence-corrected chi connectivity index (χ4v) is 3.09. The van der Waals surface area contributed by atoms with Gasteiger partial charge in [0.1, 0.15) is 11.5 Å². The topological polar surface area (TPSA) is 90.8 Å². The molecule has 4 heterocycles. The first kappa shape index (κ1) is 16.1. The van der Waals surface area contributed by atoms with E-state index in [-0.39, 0.29) is 5.91 Å². The second-order valence-corrected chi connectivity index (χ2v) is 6.19. The Bertz CT molecular complexity index is 1120. The summed E-state index contributed by atoms with van der Waals surface area (Å²) in [7, 11) is 3.59. The summed E-state index contributed by atoms with van der Waals surface area (Å²) < 4.78 is 8.76. The zero-order chi connectivity index (χ0) is 18.4. The number of rotatable bonds is 3. The van der Waals surface area contributed by atoms with Crippen LogP contribution in [0.4, 0.5) is 5.82 Å². The van der Waals surface area contributed by atoms with Crippen molar-refractivity contribution in [3.63, 3.8) is 0 Å². The summed E-state index contributed by atoms with van der Waals surface area (Å²) in [6.45, 7) is 3.74. The summed E-state index contributed by atoms with van der Waals surface area (Å²) in [5, 5.41) is 12.3. The van der Waals surface area contributed by atoms with Gasteiger partial charge >= 0.3 is 0 Å². The monoisotopic (exact) mass is 350 g/mol. The first-order chi connectivity index (χ1) is 12.4. The molecule has 0 unspecified atom stereocenters. The van der Waals surface area contributed by atoms with E-state index in [9.17, 15) is 4.79 Å². The van der Waals surface area contributed by atoms with Crippen LogP contribution in [-0.4, -0.2) is 30.5 Å². The van der Waals surface area contributed by atoms with Crippen LogP contribution in [0.2, 0.25) is 0 Å². The molecular weight excluding hydrogens is 332 g/mol. The molecule has 4 aromatic rings. The highest BCUT2D eigenvalue weighted by Gasteiger charge is 2.21. The number of anilines is 1. The summed E-state index contributed by atoms with van der Waals surface area (Å²) >= 11 is 0. The molecule has 132 valence electrons. The van der Waals surface area contributed by atoms with Crippen molar-refractivity contribution in [2.45, 2.75) is 13.8 Å². The number of hydrogen-bond acceptors (Lipinski definition) is 5. The Labute approximate surface area is 149 Å². The highest BCUT2D eigenvalue weighted by molar-refractivity contribution is 6.13. The summed E-state index contributed by atoms with van der Waals surface area (Å²) in [5.41, 5.74) is 3.27. The minimum absolute atomic E-state index is 0.246. The Balaban J connectivity index is 1.87. The molecule has 0 saturated carbocycles. The van der Waals surface area contributed by atoms with E-state index in [1.54, 1.807) is 41.9 Å². The minimum atomic E-state index is -0.246. The third-order valence-corrected chi connectivity index (χ3v) is 4.23. The summed E-state index contributed by atoms with van der Waals surface area (Å²) in [6, 6.07) is 7.14. The smallest absolute Gasteiger partial charge is 0.257 e. The van der Waals surface area contributed by atoms with Crippen molar-refractivity contribution in [2.24, 2.45) is 14.1 Å². The van der Waals surface area contributed by atoms with Gasteiger partial charge in [-0.3, -0.25) is 14.2 Å². The summed E-state index contributed by atoms with van der Waals surface area (Å²) in [6.07, 6.45) is 1.58. The molecule has 0 aliphatic carbocycles. The third kappa shape index (κ3) is 2.55. The molecule has 0 spiro atoms. The van der Waals surface area contributed by atoms with Gasteiger partial charge in [0.2, 0.25) is 0 Å². The molecule has 0 saturated heterocycles. The van der Waals surface area contributed by atoms with Gasteiger partial charge in [-0.1, -0.05) is 0 Å². The van der Waals surface area contributed by atoms with Crippen LogP contribution in [0.1, 0.15) is 21.7 Å². The third-order valence-electron chi connectivity index (χ3n) is 4.23. The van der Waals surface area contributed by atoms with Crippen molar-refractivity contribution in [1.29, 1.82) is 0 Å². The standard InChI is InChI=1S/C18H18N6O2/c1-10-8-15(23(3)21-10)20-18(25)12-9-13(14-6-5-7-26-14)19-17-16(12)11(2)22-24(17)4/h5-9H,1-4H3,(H,20,25). The molecule has 0 atom stereocenters. The van der Waals surface area contributed by atoms with Crippen molar-refractivity contribution in [3.05, 3.63) is 47.5 Å². The first-order valence-electron chi connectivity index (χ1n) is 8.14. The van der Waals surface area contributed by atoms with Crippen LogP contribution in [0.3, 0.4) is 0 Å². The highest BCUT2D eigenvalue weighted by Crippen LogP contribution is 2.27. The molecule has 4 aromatic heterocycles. The molecule has 0 aliphatic rings. The second kappa shape index (κ2) is 5.83. The largest absolute Gasteiger partial charge is 0.463 e. The van der Waals surface area contributed by atoms with E-state index in [2.05, 4.69) is 20.5 Å². The van der Waals surface area contributed by atoms with Gasteiger partial charge in [0.05, 0.1) is 28.6 Å². The van der Waals surface area contributed by atoms with E-state index in [0.29, 0.717) is 28.5 Å². The van der Waals surface area contributed by atoms with Gasteiger partial charge in [0.15, 0.2) is 11.4 Å². The lowest BCUT2D eigenvalue weighted by Gasteiger charge is -2.08. The maximum atomic E-state index is 13.0. The average molecular weight is 350 g/mol. The molecule has 26 heavy (non-hydrogen) atoms.